The van der Waals surface area contributed by atoms with Crippen molar-refractivity contribution < 1.29 is 34.4 Å². The van der Waals surface area contributed by atoms with Crippen LogP contribution in [0.25, 0.3) is 0 Å². The number of aliphatic hydroxyl groups excluding tert-OH is 3. The number of rotatable bonds is 8. The number of urea groups is 1. The summed E-state index contributed by atoms with van der Waals surface area (Å²) in [6.07, 6.45) is 0.911. The minimum absolute atomic E-state index is 0.226. The number of benzene rings is 1. The summed E-state index contributed by atoms with van der Waals surface area (Å²) < 4.78 is 5.30. The first kappa shape index (κ1) is 20.5. The van der Waals surface area contributed by atoms with Gasteiger partial charge in [0, 0.05) is 6.21 Å². The zero-order valence-corrected chi connectivity index (χ0v) is 14.7. The second kappa shape index (κ2) is 8.71. The first-order chi connectivity index (χ1) is 12.9. The third-order valence-electron chi connectivity index (χ3n) is 3.99. The first-order valence-corrected chi connectivity index (χ1v) is 8.21. The Morgan fingerprint density at radius 1 is 1.15 bits per heavy atom. The fraction of sp³-hybridized carbons (Fsp3) is 0.412. The van der Waals surface area contributed by atoms with E-state index < -0.39 is 49.1 Å². The van der Waals surface area contributed by atoms with Gasteiger partial charge in [-0.25, -0.2) is 9.69 Å². The Morgan fingerprint density at radius 3 is 2.26 bits per heavy atom. The summed E-state index contributed by atoms with van der Waals surface area (Å²) in [5.74, 6) is -2.64. The number of nitrogens with zero attached hydrogens (tertiary/aromatic N) is 2. The van der Waals surface area contributed by atoms with Crippen LogP contribution >= 0.6 is 0 Å². The van der Waals surface area contributed by atoms with E-state index in [-0.39, 0.29) is 5.69 Å². The molecule has 4 amide bonds. The van der Waals surface area contributed by atoms with Crippen LogP contribution in [-0.4, -0.2) is 71.3 Å². The molecule has 0 aromatic heterocycles. The lowest BCUT2D eigenvalue weighted by Crippen LogP contribution is -2.59. The topological polar surface area (TPSA) is 149 Å². The maximum atomic E-state index is 12.7. The average molecular weight is 379 g/mol. The van der Waals surface area contributed by atoms with Crippen molar-refractivity contribution in [1.82, 2.24) is 5.32 Å². The van der Waals surface area contributed by atoms with Crippen LogP contribution in [0, 0.1) is 5.92 Å². The minimum Gasteiger partial charge on any atom is -0.494 e. The van der Waals surface area contributed by atoms with E-state index in [2.05, 4.69) is 10.3 Å². The van der Waals surface area contributed by atoms with Gasteiger partial charge in [0.15, 0.2) is 5.92 Å². The molecular formula is C17H21N3O7. The quantitative estimate of drug-likeness (QED) is 0.337. The number of hydrogen-bond donors (Lipinski definition) is 4. The van der Waals surface area contributed by atoms with Crippen LogP contribution in [0.5, 0.6) is 5.75 Å². The van der Waals surface area contributed by atoms with Gasteiger partial charge in [-0.15, -0.1) is 0 Å². The largest absolute Gasteiger partial charge is 0.494 e. The van der Waals surface area contributed by atoms with Crippen LogP contribution in [-0.2, 0) is 9.59 Å². The Bertz CT molecular complexity index is 720. The van der Waals surface area contributed by atoms with Crippen LogP contribution in [0.3, 0.4) is 0 Å². The number of aliphatic imine (C=N–C) groups is 1. The molecule has 0 spiro atoms. The van der Waals surface area contributed by atoms with Crippen molar-refractivity contribution in [2.24, 2.45) is 10.9 Å². The lowest BCUT2D eigenvalue weighted by atomic mass is 10.0. The molecule has 2 rings (SSSR count). The molecule has 1 saturated heterocycles. The van der Waals surface area contributed by atoms with Gasteiger partial charge in [0.1, 0.15) is 11.3 Å². The van der Waals surface area contributed by atoms with Crippen molar-refractivity contribution in [3.8, 4) is 5.75 Å². The van der Waals surface area contributed by atoms with Gasteiger partial charge in [-0.1, -0.05) is 0 Å². The highest BCUT2D eigenvalue weighted by Gasteiger charge is 2.41. The summed E-state index contributed by atoms with van der Waals surface area (Å²) in [5.41, 5.74) is -1.41. The molecule has 1 aliphatic heterocycles. The number of carbonyl (C=O) groups is 3. The Labute approximate surface area is 155 Å². The fourth-order valence-electron chi connectivity index (χ4n) is 2.33. The molecule has 1 aromatic carbocycles. The fourth-order valence-corrected chi connectivity index (χ4v) is 2.33. The molecule has 0 aliphatic carbocycles. The summed E-state index contributed by atoms with van der Waals surface area (Å²) in [7, 11) is 0. The Hall–Kier alpha value is -2.82. The Morgan fingerprint density at radius 2 is 1.74 bits per heavy atom. The summed E-state index contributed by atoms with van der Waals surface area (Å²) in [5, 5.41) is 29.9. The first-order valence-electron chi connectivity index (χ1n) is 8.21. The minimum atomic E-state index is -1.63. The van der Waals surface area contributed by atoms with E-state index in [1.54, 1.807) is 12.1 Å². The van der Waals surface area contributed by atoms with E-state index in [4.69, 9.17) is 4.74 Å². The molecule has 27 heavy (non-hydrogen) atoms. The molecule has 1 heterocycles. The number of aliphatic hydroxyl groups is 3. The van der Waals surface area contributed by atoms with Gasteiger partial charge in [0.25, 0.3) is 5.91 Å². The van der Waals surface area contributed by atoms with Crippen LogP contribution in [0.15, 0.2) is 29.3 Å². The molecule has 10 nitrogen and oxygen atoms in total. The van der Waals surface area contributed by atoms with Crippen molar-refractivity contribution in [1.29, 1.82) is 0 Å². The monoisotopic (exact) mass is 379 g/mol. The van der Waals surface area contributed by atoms with Crippen LogP contribution in [0.2, 0.25) is 0 Å². The molecule has 0 bridgehead atoms. The number of ether oxygens (including phenoxy) is 1. The van der Waals surface area contributed by atoms with Gasteiger partial charge in [-0.05, 0) is 31.2 Å². The second-order valence-electron chi connectivity index (χ2n) is 5.85. The van der Waals surface area contributed by atoms with Gasteiger partial charge in [-0.2, -0.15) is 0 Å². The Balaban J connectivity index is 2.29. The molecule has 146 valence electrons. The summed E-state index contributed by atoms with van der Waals surface area (Å²) >= 11 is 0. The van der Waals surface area contributed by atoms with Crippen LogP contribution < -0.4 is 15.0 Å². The molecule has 1 fully saturated rings. The Kier molecular flexibility index (Phi) is 6.61. The molecule has 4 N–H and O–H groups in total. The van der Waals surface area contributed by atoms with E-state index in [1.807, 2.05) is 6.92 Å². The number of anilines is 1. The van der Waals surface area contributed by atoms with Crippen LogP contribution in [0.1, 0.15) is 6.92 Å². The third kappa shape index (κ3) is 4.30. The van der Waals surface area contributed by atoms with Gasteiger partial charge in [0.05, 0.1) is 32.1 Å². The maximum Gasteiger partial charge on any atom is 0.335 e. The van der Waals surface area contributed by atoms with Gasteiger partial charge in [-0.3, -0.25) is 19.9 Å². The number of carbonyl (C=O) groups excluding carboxylic acids is 3. The van der Waals surface area contributed by atoms with E-state index in [0.29, 0.717) is 12.4 Å². The smallest absolute Gasteiger partial charge is 0.335 e. The highest BCUT2D eigenvalue weighted by atomic mass is 16.5. The second-order valence-corrected chi connectivity index (χ2v) is 5.85. The lowest BCUT2D eigenvalue weighted by Gasteiger charge is -2.29. The number of hydrogen-bond acceptors (Lipinski definition) is 8. The molecule has 0 radical (unpaired) electrons. The SMILES string of the molecule is CCOc1ccc(N2C(=O)NC(=O)[C@@H](C=NC(CO)(CO)CO)C2=O)cc1. The van der Waals surface area contributed by atoms with Crippen molar-refractivity contribution >= 4 is 29.7 Å². The number of amides is 4. The number of barbiturate groups is 1. The molecule has 1 aromatic rings. The van der Waals surface area contributed by atoms with Gasteiger partial charge < -0.3 is 20.1 Å². The molecule has 0 saturated carbocycles. The van der Waals surface area contributed by atoms with Gasteiger partial charge in [0.2, 0.25) is 5.91 Å². The van der Waals surface area contributed by atoms with Crippen LogP contribution in [0.4, 0.5) is 10.5 Å². The maximum absolute atomic E-state index is 12.7. The van der Waals surface area contributed by atoms with E-state index in [1.165, 1.54) is 12.1 Å². The normalized spacial score (nSPS) is 18.1. The third-order valence-corrected chi connectivity index (χ3v) is 3.99. The lowest BCUT2D eigenvalue weighted by molar-refractivity contribution is -0.131. The molecule has 1 aliphatic rings. The van der Waals surface area contributed by atoms with E-state index in [9.17, 15) is 29.7 Å². The molecule has 1 atom stereocenters. The highest BCUT2D eigenvalue weighted by Crippen LogP contribution is 2.23. The van der Waals surface area contributed by atoms with E-state index in [0.717, 1.165) is 11.1 Å². The van der Waals surface area contributed by atoms with Crippen molar-refractivity contribution in [3.05, 3.63) is 24.3 Å². The predicted molar refractivity (Wildman–Crippen MR) is 94.6 cm³/mol. The van der Waals surface area contributed by atoms with Crippen molar-refractivity contribution in [2.75, 3.05) is 31.3 Å². The average Bonchev–Trinajstić information content (AvgIpc) is 2.66. The highest BCUT2D eigenvalue weighted by molar-refractivity contribution is 6.32. The zero-order chi connectivity index (χ0) is 20.0. The number of imide groups is 2. The summed E-state index contributed by atoms with van der Waals surface area (Å²) in [6.45, 7) is 0.190. The predicted octanol–water partition coefficient (Wildman–Crippen LogP) is -0.929. The zero-order valence-electron chi connectivity index (χ0n) is 14.7. The van der Waals surface area contributed by atoms with Crippen molar-refractivity contribution in [3.63, 3.8) is 0 Å². The summed E-state index contributed by atoms with van der Waals surface area (Å²) in [6, 6.07) is 5.23. The van der Waals surface area contributed by atoms with Gasteiger partial charge >= 0.3 is 6.03 Å². The standard InChI is InChI=1S/C17H21N3O7/c1-2-27-12-5-3-11(4-6-12)20-15(25)13(14(24)19-16(20)26)7-18-17(8-21,9-22)10-23/h3-7,13,21-23H,2,8-10H2,1H3,(H,19,24,26)/t13-/m1/s1. The molecular weight excluding hydrogens is 358 g/mol. The molecule has 0 unspecified atom stereocenters. The van der Waals surface area contributed by atoms with Crippen molar-refractivity contribution in [2.45, 2.75) is 12.5 Å². The summed E-state index contributed by atoms with van der Waals surface area (Å²) in [4.78, 5) is 41.4. The van der Waals surface area contributed by atoms with E-state index >= 15 is 0 Å². The number of nitrogens with one attached hydrogen (secondary N) is 1. The molecule has 10 heteroatoms.